The van der Waals surface area contributed by atoms with Crippen molar-refractivity contribution in [1.82, 2.24) is 10.2 Å². The molecule has 4 aliphatic rings. The van der Waals surface area contributed by atoms with Gasteiger partial charge in [0.05, 0.1) is 17.9 Å². The van der Waals surface area contributed by atoms with E-state index in [1.165, 1.54) is 6.42 Å². The molecule has 34 heavy (non-hydrogen) atoms. The van der Waals surface area contributed by atoms with Crippen LogP contribution >= 0.6 is 11.6 Å². The van der Waals surface area contributed by atoms with Gasteiger partial charge in [0.15, 0.2) is 0 Å². The lowest BCUT2D eigenvalue weighted by Gasteiger charge is -2.34. The highest BCUT2D eigenvalue weighted by Gasteiger charge is 2.72. The molecule has 5 atom stereocenters. The number of carbonyl (C=O) groups excluding carboxylic acids is 3. The van der Waals surface area contributed by atoms with Crippen molar-refractivity contribution >= 4 is 35.0 Å². The summed E-state index contributed by atoms with van der Waals surface area (Å²) in [6, 6.07) is 4.70. The first kappa shape index (κ1) is 23.4. The van der Waals surface area contributed by atoms with E-state index in [0.29, 0.717) is 23.7 Å². The molecule has 0 radical (unpaired) electrons. The molecule has 182 valence electrons. The van der Waals surface area contributed by atoms with E-state index >= 15 is 0 Å². The summed E-state index contributed by atoms with van der Waals surface area (Å²) in [5, 5.41) is 6.67. The van der Waals surface area contributed by atoms with Crippen LogP contribution in [0.4, 0.5) is 5.69 Å². The van der Waals surface area contributed by atoms with Gasteiger partial charge in [-0.05, 0) is 43.9 Å². The summed E-state index contributed by atoms with van der Waals surface area (Å²) in [4.78, 5) is 42.3. The van der Waals surface area contributed by atoms with Gasteiger partial charge in [-0.15, -0.1) is 0 Å². The van der Waals surface area contributed by atoms with Crippen LogP contribution in [0.15, 0.2) is 30.4 Å². The monoisotopic (exact) mass is 485 g/mol. The predicted molar refractivity (Wildman–Crippen MR) is 129 cm³/mol. The number of nitrogens with zero attached hydrogens (tertiary/aromatic N) is 1. The molecule has 2 saturated heterocycles. The van der Waals surface area contributed by atoms with Crippen LogP contribution in [0.2, 0.25) is 5.02 Å². The van der Waals surface area contributed by atoms with Crippen molar-refractivity contribution in [3.63, 3.8) is 0 Å². The van der Waals surface area contributed by atoms with Crippen molar-refractivity contribution in [2.75, 3.05) is 11.9 Å². The van der Waals surface area contributed by atoms with Gasteiger partial charge in [-0.1, -0.05) is 56.0 Å². The van der Waals surface area contributed by atoms with E-state index in [1.54, 1.807) is 17.0 Å². The number of carbonyl (C=O) groups is 3. The maximum absolute atomic E-state index is 13.7. The van der Waals surface area contributed by atoms with Gasteiger partial charge >= 0.3 is 0 Å². The Morgan fingerprint density at radius 2 is 1.97 bits per heavy atom. The quantitative estimate of drug-likeness (QED) is 0.603. The van der Waals surface area contributed by atoms with Crippen LogP contribution in [0.25, 0.3) is 0 Å². The summed E-state index contributed by atoms with van der Waals surface area (Å²) in [5.41, 5.74) is 0.379. The molecule has 7 nitrogen and oxygen atoms in total. The molecule has 1 saturated carbocycles. The number of rotatable bonds is 6. The Morgan fingerprint density at radius 1 is 1.21 bits per heavy atom. The first-order chi connectivity index (χ1) is 16.4. The number of anilines is 1. The number of hydrogen-bond donors (Lipinski definition) is 2. The first-order valence-corrected chi connectivity index (χ1v) is 12.8. The van der Waals surface area contributed by atoms with Crippen LogP contribution in [-0.4, -0.2) is 53.0 Å². The largest absolute Gasteiger partial charge is 0.359 e. The molecule has 3 aliphatic heterocycles. The van der Waals surface area contributed by atoms with Crippen LogP contribution in [0.5, 0.6) is 0 Å². The standard InChI is InChI=1S/C26H32ClN3O4/c1-3-13-30-22(24(32)28-16-7-5-4-6-8-16)26-12-11-19(34-26)20(21(26)25(30)33)23(31)29-17-10-9-15(2)18(27)14-17/h9-12,14,16,19-22H,3-8,13H2,1-2H3,(H,28,32)(H,29,31)/t19-,20+,21-,22+,26+/m1/s1. The minimum absolute atomic E-state index is 0.128. The zero-order valence-electron chi connectivity index (χ0n) is 19.7. The lowest BCUT2D eigenvalue weighted by atomic mass is 9.74. The van der Waals surface area contributed by atoms with Gasteiger partial charge < -0.3 is 20.3 Å². The molecule has 2 N–H and O–H groups in total. The van der Waals surface area contributed by atoms with Crippen molar-refractivity contribution in [3.05, 3.63) is 40.9 Å². The third-order valence-electron chi connectivity index (χ3n) is 7.78. The average molecular weight is 486 g/mol. The molecule has 3 heterocycles. The second kappa shape index (κ2) is 9.00. The van der Waals surface area contributed by atoms with Crippen LogP contribution in [0, 0.1) is 18.8 Å². The number of halogens is 1. The Hall–Kier alpha value is -2.38. The smallest absolute Gasteiger partial charge is 0.246 e. The number of nitrogens with one attached hydrogen (secondary N) is 2. The van der Waals surface area contributed by atoms with Crippen molar-refractivity contribution in [2.45, 2.75) is 76.2 Å². The molecule has 2 bridgehead atoms. The number of amides is 3. The maximum atomic E-state index is 13.7. The minimum Gasteiger partial charge on any atom is -0.359 e. The number of aryl methyl sites for hydroxylation is 1. The summed E-state index contributed by atoms with van der Waals surface area (Å²) in [6.45, 7) is 4.32. The third-order valence-corrected chi connectivity index (χ3v) is 8.19. The number of likely N-dealkylation sites (tertiary alicyclic amines) is 1. The maximum Gasteiger partial charge on any atom is 0.246 e. The van der Waals surface area contributed by atoms with Gasteiger partial charge in [0.2, 0.25) is 17.7 Å². The highest BCUT2D eigenvalue weighted by Crippen LogP contribution is 2.55. The second-order valence-electron chi connectivity index (χ2n) is 10.0. The number of ether oxygens (including phenoxy) is 1. The van der Waals surface area contributed by atoms with E-state index in [1.807, 2.05) is 32.1 Å². The van der Waals surface area contributed by atoms with Gasteiger partial charge in [-0.2, -0.15) is 0 Å². The Kier molecular flexibility index (Phi) is 6.19. The number of hydrogen-bond acceptors (Lipinski definition) is 4. The fourth-order valence-corrected chi connectivity index (χ4v) is 6.35. The summed E-state index contributed by atoms with van der Waals surface area (Å²) < 4.78 is 6.35. The summed E-state index contributed by atoms with van der Waals surface area (Å²) >= 11 is 6.23. The van der Waals surface area contributed by atoms with Gasteiger partial charge in [0.25, 0.3) is 0 Å². The normalized spacial score (nSPS) is 32.2. The van der Waals surface area contributed by atoms with Crippen molar-refractivity contribution in [2.24, 2.45) is 11.8 Å². The fourth-order valence-electron chi connectivity index (χ4n) is 6.17. The molecular formula is C26H32ClN3O4. The highest BCUT2D eigenvalue weighted by atomic mass is 35.5. The Morgan fingerprint density at radius 3 is 2.68 bits per heavy atom. The lowest BCUT2D eigenvalue weighted by Crippen LogP contribution is -2.56. The van der Waals surface area contributed by atoms with E-state index in [-0.39, 0.29) is 23.8 Å². The highest BCUT2D eigenvalue weighted by molar-refractivity contribution is 6.31. The predicted octanol–water partition coefficient (Wildman–Crippen LogP) is 3.60. The Bertz CT molecular complexity index is 1040. The van der Waals surface area contributed by atoms with Gasteiger partial charge in [-0.3, -0.25) is 14.4 Å². The molecule has 1 aromatic rings. The molecule has 0 unspecified atom stereocenters. The van der Waals surface area contributed by atoms with E-state index in [4.69, 9.17) is 16.3 Å². The Labute approximate surface area is 205 Å². The van der Waals surface area contributed by atoms with Gasteiger partial charge in [0, 0.05) is 23.3 Å². The molecule has 3 fully saturated rings. The molecule has 8 heteroatoms. The summed E-state index contributed by atoms with van der Waals surface area (Å²) in [5.74, 6) is -2.08. The molecule has 1 spiro atoms. The fraction of sp³-hybridized carbons (Fsp3) is 0.577. The van der Waals surface area contributed by atoms with Gasteiger partial charge in [-0.25, -0.2) is 0 Å². The van der Waals surface area contributed by atoms with Crippen molar-refractivity contribution in [1.29, 1.82) is 0 Å². The molecular weight excluding hydrogens is 454 g/mol. The van der Waals surface area contributed by atoms with Crippen molar-refractivity contribution < 1.29 is 19.1 Å². The number of fused-ring (bicyclic) bond motifs is 1. The van der Waals surface area contributed by atoms with E-state index < -0.39 is 29.6 Å². The van der Waals surface area contributed by atoms with Crippen LogP contribution < -0.4 is 10.6 Å². The summed E-state index contributed by atoms with van der Waals surface area (Å²) in [7, 11) is 0. The molecule has 5 rings (SSSR count). The average Bonchev–Trinajstić information content (AvgIpc) is 3.45. The van der Waals surface area contributed by atoms with Gasteiger partial charge in [0.1, 0.15) is 11.6 Å². The third kappa shape index (κ3) is 3.73. The number of benzene rings is 1. The SMILES string of the molecule is CCCN1C(=O)[C@H]2[C@@H](C(=O)Nc3ccc(C)c(Cl)c3)[C@H]3C=C[C@@]2(O3)[C@@H]1C(=O)NC1CCCCC1. The van der Waals surface area contributed by atoms with Crippen molar-refractivity contribution in [3.8, 4) is 0 Å². The second-order valence-corrected chi connectivity index (χ2v) is 10.4. The van der Waals surface area contributed by atoms with Crippen LogP contribution in [0.3, 0.4) is 0 Å². The molecule has 0 aromatic heterocycles. The van der Waals surface area contributed by atoms with Crippen LogP contribution in [-0.2, 0) is 19.1 Å². The summed E-state index contributed by atoms with van der Waals surface area (Å²) in [6.07, 6.45) is 9.19. The minimum atomic E-state index is -1.11. The van der Waals surface area contributed by atoms with E-state index in [9.17, 15) is 14.4 Å². The molecule has 3 amide bonds. The molecule has 1 aliphatic carbocycles. The Balaban J connectivity index is 1.42. The van der Waals surface area contributed by atoms with E-state index in [0.717, 1.165) is 31.2 Å². The zero-order chi connectivity index (χ0) is 24.0. The zero-order valence-corrected chi connectivity index (χ0v) is 20.4. The first-order valence-electron chi connectivity index (χ1n) is 12.4. The topological polar surface area (TPSA) is 87.7 Å². The van der Waals surface area contributed by atoms with Crippen LogP contribution in [0.1, 0.15) is 51.0 Å². The lowest BCUT2D eigenvalue weighted by molar-refractivity contribution is -0.141. The van der Waals surface area contributed by atoms with E-state index in [2.05, 4.69) is 10.6 Å². The molecule has 1 aromatic carbocycles.